The molecule has 4 fully saturated rings. The Bertz CT molecular complexity index is 791. The summed E-state index contributed by atoms with van der Waals surface area (Å²) in [6.07, 6.45) is 7.44. The lowest BCUT2D eigenvalue weighted by molar-refractivity contribution is -0.146. The van der Waals surface area contributed by atoms with Gasteiger partial charge in [0.2, 0.25) is 5.91 Å². The summed E-state index contributed by atoms with van der Waals surface area (Å²) in [5.74, 6) is 1.30. The first-order valence-electron chi connectivity index (χ1n) is 11.3. The van der Waals surface area contributed by atoms with Crippen molar-refractivity contribution in [1.29, 1.82) is 0 Å². The molecule has 1 saturated heterocycles. The average Bonchev–Trinajstić information content (AvgIpc) is 2.75. The number of amides is 2. The number of ether oxygens (including phenoxy) is 1. The molecule has 6 rings (SSSR count). The van der Waals surface area contributed by atoms with E-state index in [0.29, 0.717) is 11.3 Å². The summed E-state index contributed by atoms with van der Waals surface area (Å²) in [7, 11) is 0. The third kappa shape index (κ3) is 3.52. The maximum Gasteiger partial charge on any atom is 0.258 e. The maximum absolute atomic E-state index is 12.9. The second kappa shape index (κ2) is 7.63. The van der Waals surface area contributed by atoms with Crippen LogP contribution in [0.1, 0.15) is 55.3 Å². The molecule has 0 radical (unpaired) electrons. The monoisotopic (exact) mass is 397 g/mol. The molecule has 5 aliphatic rings. The molecule has 29 heavy (non-hydrogen) atoms. The van der Waals surface area contributed by atoms with Gasteiger partial charge in [-0.15, -0.1) is 0 Å². The van der Waals surface area contributed by atoms with E-state index in [1.807, 2.05) is 18.2 Å². The molecular weight excluding hydrogens is 366 g/mol. The molecule has 6 heteroatoms. The predicted molar refractivity (Wildman–Crippen MR) is 110 cm³/mol. The highest BCUT2D eigenvalue weighted by atomic mass is 16.5. The molecule has 2 bridgehead atoms. The number of rotatable bonds is 4. The van der Waals surface area contributed by atoms with E-state index in [1.165, 1.54) is 19.3 Å². The molecular formula is C23H31N3O3. The third-order valence-electron chi connectivity index (χ3n) is 7.48. The molecule has 3 saturated carbocycles. The Morgan fingerprint density at radius 1 is 1.21 bits per heavy atom. The van der Waals surface area contributed by atoms with Gasteiger partial charge in [-0.2, -0.15) is 0 Å². The molecule has 4 unspecified atom stereocenters. The first-order chi connectivity index (χ1) is 14.1. The van der Waals surface area contributed by atoms with Gasteiger partial charge in [-0.05, 0) is 63.2 Å². The molecule has 1 aromatic rings. The van der Waals surface area contributed by atoms with Crippen molar-refractivity contribution in [3.8, 4) is 5.75 Å². The van der Waals surface area contributed by atoms with Crippen LogP contribution in [0, 0.1) is 17.8 Å². The summed E-state index contributed by atoms with van der Waals surface area (Å²) in [5, 5.41) is 6.36. The number of fused-ring (bicyclic) bond motifs is 3. The zero-order chi connectivity index (χ0) is 19.8. The van der Waals surface area contributed by atoms with Gasteiger partial charge in [0.15, 0.2) is 5.72 Å². The van der Waals surface area contributed by atoms with Gasteiger partial charge in [-0.3, -0.25) is 9.59 Å². The van der Waals surface area contributed by atoms with Crippen molar-refractivity contribution in [3.63, 3.8) is 0 Å². The van der Waals surface area contributed by atoms with E-state index in [2.05, 4.69) is 15.5 Å². The van der Waals surface area contributed by atoms with Gasteiger partial charge in [-0.1, -0.05) is 18.6 Å². The standard InChI is InChI=1S/C23H31N3O3/c27-21(24-10-13-26-11-4-1-5-12-26)19-14-17-9-8-16(19)15-23(17)25-22(28)18-6-2-3-7-20(18)29-23/h2-3,6-7,16-17,19H,1,4-5,8-15H2,(H,24,27)(H,25,28). The van der Waals surface area contributed by atoms with Crippen LogP contribution in [0.2, 0.25) is 0 Å². The van der Waals surface area contributed by atoms with Gasteiger partial charge in [0, 0.05) is 31.3 Å². The molecule has 4 atom stereocenters. The number of likely N-dealkylation sites (tertiary alicyclic amines) is 1. The van der Waals surface area contributed by atoms with Crippen molar-refractivity contribution < 1.29 is 14.3 Å². The van der Waals surface area contributed by atoms with Crippen LogP contribution in [0.3, 0.4) is 0 Å². The molecule has 6 nitrogen and oxygen atoms in total. The van der Waals surface area contributed by atoms with E-state index in [1.54, 1.807) is 6.07 Å². The number of nitrogens with one attached hydrogen (secondary N) is 2. The summed E-state index contributed by atoms with van der Waals surface area (Å²) in [5.41, 5.74) is -0.0366. The zero-order valence-electron chi connectivity index (χ0n) is 17.0. The number of nitrogens with zero attached hydrogens (tertiary/aromatic N) is 1. The van der Waals surface area contributed by atoms with E-state index >= 15 is 0 Å². The molecule has 2 aliphatic heterocycles. The van der Waals surface area contributed by atoms with Crippen LogP contribution in [0.25, 0.3) is 0 Å². The Morgan fingerprint density at radius 2 is 2.03 bits per heavy atom. The normalized spacial score (nSPS) is 33.7. The van der Waals surface area contributed by atoms with Crippen LogP contribution in [0.15, 0.2) is 24.3 Å². The van der Waals surface area contributed by atoms with Crippen molar-refractivity contribution >= 4 is 11.8 Å². The van der Waals surface area contributed by atoms with Crippen LogP contribution >= 0.6 is 0 Å². The maximum atomic E-state index is 12.9. The van der Waals surface area contributed by atoms with E-state index in [-0.39, 0.29) is 29.6 Å². The second-order valence-corrected chi connectivity index (χ2v) is 9.22. The van der Waals surface area contributed by atoms with Crippen molar-refractivity contribution in [2.24, 2.45) is 17.8 Å². The van der Waals surface area contributed by atoms with E-state index in [9.17, 15) is 9.59 Å². The Morgan fingerprint density at radius 3 is 2.83 bits per heavy atom. The number of hydrogen-bond donors (Lipinski definition) is 2. The van der Waals surface area contributed by atoms with Crippen molar-refractivity contribution in [3.05, 3.63) is 29.8 Å². The number of para-hydroxylation sites is 1. The number of carbonyl (C=O) groups is 2. The summed E-state index contributed by atoms with van der Waals surface area (Å²) < 4.78 is 6.38. The quantitative estimate of drug-likeness (QED) is 0.819. The smallest absolute Gasteiger partial charge is 0.258 e. The lowest BCUT2D eigenvalue weighted by atomic mass is 9.60. The molecule has 156 valence electrons. The number of hydrogen-bond acceptors (Lipinski definition) is 4. The van der Waals surface area contributed by atoms with Crippen molar-refractivity contribution in [2.45, 2.75) is 50.7 Å². The Labute approximate surface area is 172 Å². The van der Waals surface area contributed by atoms with Crippen LogP contribution in [0.5, 0.6) is 5.75 Å². The summed E-state index contributed by atoms with van der Waals surface area (Å²) in [6.45, 7) is 4.00. The number of carbonyl (C=O) groups excluding carboxylic acids is 2. The molecule has 2 amide bonds. The lowest BCUT2D eigenvalue weighted by Gasteiger charge is -2.55. The van der Waals surface area contributed by atoms with Crippen LogP contribution in [0.4, 0.5) is 0 Å². The highest BCUT2D eigenvalue weighted by Crippen LogP contribution is 2.52. The van der Waals surface area contributed by atoms with E-state index in [0.717, 1.165) is 51.9 Å². The van der Waals surface area contributed by atoms with Crippen molar-refractivity contribution in [1.82, 2.24) is 15.5 Å². The molecule has 2 N–H and O–H groups in total. The minimum Gasteiger partial charge on any atom is -0.467 e. The minimum absolute atomic E-state index is 0.0402. The Hall–Kier alpha value is -2.08. The number of benzene rings is 1. The highest BCUT2D eigenvalue weighted by molar-refractivity contribution is 5.98. The second-order valence-electron chi connectivity index (χ2n) is 9.22. The van der Waals surface area contributed by atoms with Gasteiger partial charge < -0.3 is 20.3 Å². The molecule has 3 aliphatic carbocycles. The molecule has 0 aromatic heterocycles. The van der Waals surface area contributed by atoms with Gasteiger partial charge in [0.05, 0.1) is 5.56 Å². The minimum atomic E-state index is -0.640. The van der Waals surface area contributed by atoms with Gasteiger partial charge >= 0.3 is 0 Å². The largest absolute Gasteiger partial charge is 0.467 e. The van der Waals surface area contributed by atoms with Crippen LogP contribution in [-0.4, -0.2) is 48.6 Å². The fourth-order valence-electron chi connectivity index (χ4n) is 5.93. The third-order valence-corrected chi connectivity index (χ3v) is 7.48. The van der Waals surface area contributed by atoms with Crippen molar-refractivity contribution in [2.75, 3.05) is 26.2 Å². The van der Waals surface area contributed by atoms with Crippen LogP contribution < -0.4 is 15.4 Å². The highest BCUT2D eigenvalue weighted by Gasteiger charge is 2.57. The van der Waals surface area contributed by atoms with E-state index in [4.69, 9.17) is 4.74 Å². The van der Waals surface area contributed by atoms with Gasteiger partial charge in [-0.25, -0.2) is 0 Å². The SMILES string of the molecule is O=C1NC2(CC3CCC2CC3C(=O)NCCN2CCCCC2)Oc2ccccc21. The molecule has 2 heterocycles. The summed E-state index contributed by atoms with van der Waals surface area (Å²) >= 11 is 0. The fourth-order valence-corrected chi connectivity index (χ4v) is 5.93. The first-order valence-corrected chi connectivity index (χ1v) is 11.3. The van der Waals surface area contributed by atoms with Gasteiger partial charge in [0.25, 0.3) is 5.91 Å². The fraction of sp³-hybridized carbons (Fsp3) is 0.652. The predicted octanol–water partition coefficient (Wildman–Crippen LogP) is 2.54. The van der Waals surface area contributed by atoms with Gasteiger partial charge in [0.1, 0.15) is 5.75 Å². The topological polar surface area (TPSA) is 70.7 Å². The van der Waals surface area contributed by atoms with Crippen LogP contribution in [-0.2, 0) is 4.79 Å². The number of piperidine rings is 1. The summed E-state index contributed by atoms with van der Waals surface area (Å²) in [6, 6.07) is 7.45. The first kappa shape index (κ1) is 18.9. The van der Waals surface area contributed by atoms with E-state index < -0.39 is 5.72 Å². The average molecular weight is 398 g/mol. The molecule has 1 spiro atoms. The summed E-state index contributed by atoms with van der Waals surface area (Å²) in [4.78, 5) is 28.0. The zero-order valence-corrected chi connectivity index (χ0v) is 17.0. The lowest BCUT2D eigenvalue weighted by Crippen LogP contribution is -2.67. The Balaban J connectivity index is 1.21. The Kier molecular flexibility index (Phi) is 4.98. The molecule has 1 aromatic carbocycles.